The molecule has 0 radical (unpaired) electrons. The average molecular weight is 488 g/mol. The second kappa shape index (κ2) is 12.5. The van der Waals surface area contributed by atoms with E-state index in [1.807, 2.05) is 18.2 Å². The Labute approximate surface area is 197 Å². The highest BCUT2D eigenvalue weighted by Crippen LogP contribution is 2.25. The van der Waals surface area contributed by atoms with Gasteiger partial charge in [0.2, 0.25) is 11.8 Å². The van der Waals surface area contributed by atoms with Crippen LogP contribution >= 0.6 is 46.6 Å². The Morgan fingerprint density at radius 2 is 1.77 bits per heavy atom. The molecule has 0 heterocycles. The number of carbonyl (C=O) groups is 2. The zero-order valence-corrected chi connectivity index (χ0v) is 20.0. The van der Waals surface area contributed by atoms with Gasteiger partial charge in [0.15, 0.2) is 0 Å². The van der Waals surface area contributed by atoms with Crippen molar-refractivity contribution in [2.24, 2.45) is 0 Å². The Hall–Kier alpha value is -1.40. The van der Waals surface area contributed by atoms with Crippen LogP contribution in [0.3, 0.4) is 0 Å². The molecule has 0 aliphatic heterocycles. The number of nitrogens with one attached hydrogen (secondary N) is 1. The summed E-state index contributed by atoms with van der Waals surface area (Å²) in [6, 6.07) is 11.9. The highest BCUT2D eigenvalue weighted by atomic mass is 35.5. The van der Waals surface area contributed by atoms with Gasteiger partial charge in [0, 0.05) is 23.0 Å². The summed E-state index contributed by atoms with van der Waals surface area (Å²) in [4.78, 5) is 28.2. The molecule has 2 aromatic rings. The quantitative estimate of drug-likeness (QED) is 0.327. The van der Waals surface area contributed by atoms with Crippen LogP contribution in [0.4, 0.5) is 0 Å². The molecule has 4 nitrogen and oxygen atoms in total. The van der Waals surface area contributed by atoms with E-state index in [-0.39, 0.29) is 24.1 Å². The molecule has 0 bridgehead atoms. The number of hydrogen-bond donors (Lipinski definition) is 1. The predicted octanol–water partition coefficient (Wildman–Crippen LogP) is 6.07. The number of thioether (sulfide) groups is 1. The molecule has 1 unspecified atom stereocenters. The van der Waals surface area contributed by atoms with Gasteiger partial charge in [0.25, 0.3) is 0 Å². The first-order valence-corrected chi connectivity index (χ1v) is 11.8. The van der Waals surface area contributed by atoms with Crippen LogP contribution in [-0.4, -0.2) is 35.1 Å². The number of unbranched alkanes of at least 4 members (excludes halogenated alkanes) is 1. The van der Waals surface area contributed by atoms with Crippen LogP contribution in [0.25, 0.3) is 0 Å². The van der Waals surface area contributed by atoms with Crippen molar-refractivity contribution in [3.8, 4) is 0 Å². The smallest absolute Gasteiger partial charge is 0.242 e. The van der Waals surface area contributed by atoms with Crippen molar-refractivity contribution in [1.82, 2.24) is 10.2 Å². The third-order valence-electron chi connectivity index (χ3n) is 4.51. The normalized spacial score (nSPS) is 11.8. The molecule has 1 N–H and O–H groups in total. The minimum absolute atomic E-state index is 0.140. The Bertz CT molecular complexity index is 862. The highest BCUT2D eigenvalue weighted by Gasteiger charge is 2.26. The average Bonchev–Trinajstić information content (AvgIpc) is 2.73. The molecule has 30 heavy (non-hydrogen) atoms. The Morgan fingerprint density at radius 1 is 1.07 bits per heavy atom. The van der Waals surface area contributed by atoms with Crippen LogP contribution in [0.5, 0.6) is 0 Å². The molecule has 0 saturated carbocycles. The fraction of sp³-hybridized carbons (Fsp3) is 0.364. The third-order valence-corrected chi connectivity index (χ3v) is 6.50. The molecule has 0 aliphatic carbocycles. The summed E-state index contributed by atoms with van der Waals surface area (Å²) in [6.45, 7) is 4.65. The lowest BCUT2D eigenvalue weighted by Gasteiger charge is -2.29. The van der Waals surface area contributed by atoms with Crippen molar-refractivity contribution in [1.29, 1.82) is 0 Å². The van der Waals surface area contributed by atoms with Gasteiger partial charge in [-0.25, -0.2) is 0 Å². The lowest BCUT2D eigenvalue weighted by Crippen LogP contribution is -2.48. The van der Waals surface area contributed by atoms with Crippen LogP contribution in [0.15, 0.2) is 47.4 Å². The van der Waals surface area contributed by atoms with Crippen molar-refractivity contribution in [2.45, 2.75) is 44.2 Å². The third kappa shape index (κ3) is 7.69. The van der Waals surface area contributed by atoms with E-state index in [9.17, 15) is 9.59 Å². The van der Waals surface area contributed by atoms with Crippen molar-refractivity contribution in [2.75, 3.05) is 12.3 Å². The van der Waals surface area contributed by atoms with Gasteiger partial charge in [0.05, 0.1) is 15.8 Å². The summed E-state index contributed by atoms with van der Waals surface area (Å²) in [6.07, 6.45) is 1.88. The molecule has 1 atom stereocenters. The van der Waals surface area contributed by atoms with Gasteiger partial charge >= 0.3 is 0 Å². The zero-order valence-electron chi connectivity index (χ0n) is 17.0. The molecule has 0 spiro atoms. The Kier molecular flexibility index (Phi) is 10.3. The van der Waals surface area contributed by atoms with Crippen molar-refractivity contribution < 1.29 is 9.59 Å². The molecule has 0 aromatic heterocycles. The van der Waals surface area contributed by atoms with E-state index in [4.69, 9.17) is 34.8 Å². The highest BCUT2D eigenvalue weighted by molar-refractivity contribution is 8.00. The molecular weight excluding hydrogens is 463 g/mol. The summed E-state index contributed by atoms with van der Waals surface area (Å²) in [7, 11) is 0. The van der Waals surface area contributed by atoms with E-state index in [0.29, 0.717) is 21.6 Å². The molecule has 0 saturated heterocycles. The second-order valence-corrected chi connectivity index (χ2v) is 9.13. The van der Waals surface area contributed by atoms with Gasteiger partial charge in [-0.3, -0.25) is 9.59 Å². The largest absolute Gasteiger partial charge is 0.354 e. The maximum absolute atomic E-state index is 13.1. The van der Waals surface area contributed by atoms with Crippen molar-refractivity contribution in [3.63, 3.8) is 0 Å². The number of nitrogens with zero attached hydrogens (tertiary/aromatic N) is 1. The first-order chi connectivity index (χ1) is 14.3. The molecule has 2 rings (SSSR count). The van der Waals surface area contributed by atoms with Gasteiger partial charge < -0.3 is 10.2 Å². The van der Waals surface area contributed by atoms with Crippen molar-refractivity contribution >= 4 is 58.4 Å². The van der Waals surface area contributed by atoms with E-state index < -0.39 is 6.04 Å². The van der Waals surface area contributed by atoms with E-state index in [1.165, 1.54) is 11.8 Å². The number of halogens is 3. The zero-order chi connectivity index (χ0) is 22.1. The standard InChI is InChI=1S/C22H25Cl3N2O2S/c1-3-4-11-26-22(29)15(2)27(13-16-5-10-19(24)20(25)12-16)21(28)14-30-18-8-6-17(23)7-9-18/h5-10,12,15H,3-4,11,13-14H2,1-2H3,(H,26,29). The maximum atomic E-state index is 13.1. The number of benzene rings is 2. The molecule has 2 aromatic carbocycles. The molecule has 0 fully saturated rings. The molecule has 2 amide bonds. The SMILES string of the molecule is CCCCNC(=O)C(C)N(Cc1ccc(Cl)c(Cl)c1)C(=O)CSc1ccc(Cl)cc1. The van der Waals surface area contributed by atoms with E-state index >= 15 is 0 Å². The fourth-order valence-electron chi connectivity index (χ4n) is 2.71. The lowest BCUT2D eigenvalue weighted by molar-refractivity contribution is -0.138. The summed E-state index contributed by atoms with van der Waals surface area (Å²) in [5.41, 5.74) is 0.808. The number of amides is 2. The fourth-order valence-corrected chi connectivity index (χ4v) is 3.94. The summed E-state index contributed by atoms with van der Waals surface area (Å²) in [5, 5.41) is 4.41. The molecular formula is C22H25Cl3N2O2S. The van der Waals surface area contributed by atoms with Gasteiger partial charge in [-0.05, 0) is 55.3 Å². The van der Waals surface area contributed by atoms with Gasteiger partial charge in [-0.15, -0.1) is 11.8 Å². The monoisotopic (exact) mass is 486 g/mol. The number of carbonyl (C=O) groups excluding carboxylic acids is 2. The summed E-state index contributed by atoms with van der Waals surface area (Å²) >= 11 is 19.5. The van der Waals surface area contributed by atoms with Crippen LogP contribution in [0.2, 0.25) is 15.1 Å². The molecule has 162 valence electrons. The lowest BCUT2D eigenvalue weighted by atomic mass is 10.1. The Morgan fingerprint density at radius 3 is 2.40 bits per heavy atom. The van der Waals surface area contributed by atoms with Crippen LogP contribution in [0.1, 0.15) is 32.3 Å². The first-order valence-electron chi connectivity index (χ1n) is 9.71. The second-order valence-electron chi connectivity index (χ2n) is 6.83. The van der Waals surface area contributed by atoms with Gasteiger partial charge in [0.1, 0.15) is 6.04 Å². The molecule has 0 aliphatic rings. The Balaban J connectivity index is 2.13. The van der Waals surface area contributed by atoms with E-state index in [1.54, 1.807) is 36.1 Å². The summed E-state index contributed by atoms with van der Waals surface area (Å²) < 4.78 is 0. The van der Waals surface area contributed by atoms with E-state index in [0.717, 1.165) is 23.3 Å². The van der Waals surface area contributed by atoms with Gasteiger partial charge in [-0.2, -0.15) is 0 Å². The van der Waals surface area contributed by atoms with E-state index in [2.05, 4.69) is 12.2 Å². The van der Waals surface area contributed by atoms with Gasteiger partial charge in [-0.1, -0.05) is 54.2 Å². The minimum atomic E-state index is -0.616. The van der Waals surface area contributed by atoms with Crippen molar-refractivity contribution in [3.05, 3.63) is 63.1 Å². The summed E-state index contributed by atoms with van der Waals surface area (Å²) in [5.74, 6) is -0.109. The molecule has 8 heteroatoms. The number of rotatable bonds is 10. The number of hydrogen-bond acceptors (Lipinski definition) is 3. The first kappa shape index (κ1) is 24.9. The minimum Gasteiger partial charge on any atom is -0.354 e. The topological polar surface area (TPSA) is 49.4 Å². The maximum Gasteiger partial charge on any atom is 0.242 e. The van der Waals surface area contributed by atoms with Crippen LogP contribution in [-0.2, 0) is 16.1 Å². The van der Waals surface area contributed by atoms with Crippen LogP contribution < -0.4 is 5.32 Å². The predicted molar refractivity (Wildman–Crippen MR) is 127 cm³/mol. The van der Waals surface area contributed by atoms with Crippen LogP contribution in [0, 0.1) is 0 Å².